The number of aryl methyl sites for hydroxylation is 1. The number of carboxylic acid groups (broad SMARTS) is 1. The van der Waals surface area contributed by atoms with E-state index in [0.717, 1.165) is 11.3 Å². The first-order valence-corrected chi connectivity index (χ1v) is 5.82. The normalized spacial score (nSPS) is 10.2. The van der Waals surface area contributed by atoms with Gasteiger partial charge in [0.25, 0.3) is 0 Å². The Balaban J connectivity index is 2.33. The number of hydrogen-bond donors (Lipinski definition) is 1. The van der Waals surface area contributed by atoms with Gasteiger partial charge in [0.05, 0.1) is 0 Å². The first-order valence-electron chi connectivity index (χ1n) is 5.82. The molecule has 0 unspecified atom stereocenters. The Morgan fingerprint density at radius 1 is 1.42 bits per heavy atom. The zero-order chi connectivity index (χ0) is 13.7. The van der Waals surface area contributed by atoms with Crippen molar-refractivity contribution in [3.05, 3.63) is 36.3 Å². The van der Waals surface area contributed by atoms with E-state index in [1.807, 2.05) is 13.0 Å². The monoisotopic (exact) mass is 259 g/mol. The lowest BCUT2D eigenvalue weighted by Gasteiger charge is -2.07. The fourth-order valence-corrected chi connectivity index (χ4v) is 1.49. The molecule has 6 nitrogen and oxygen atoms in total. The molecule has 6 heteroatoms. The zero-order valence-electron chi connectivity index (χ0n) is 10.4. The van der Waals surface area contributed by atoms with Crippen LogP contribution in [0.4, 0.5) is 0 Å². The van der Waals surface area contributed by atoms with Crippen molar-refractivity contribution in [3.63, 3.8) is 0 Å². The minimum absolute atomic E-state index is 0.258. The lowest BCUT2D eigenvalue weighted by molar-refractivity contribution is -0.139. The highest BCUT2D eigenvalue weighted by Gasteiger charge is 2.08. The van der Waals surface area contributed by atoms with Crippen LogP contribution in [0.3, 0.4) is 0 Å². The van der Waals surface area contributed by atoms with Crippen LogP contribution in [-0.4, -0.2) is 32.6 Å². The van der Waals surface area contributed by atoms with Crippen LogP contribution in [-0.2, 0) is 11.2 Å². The minimum atomic E-state index is -1.04. The summed E-state index contributed by atoms with van der Waals surface area (Å²) in [5.74, 6) is -0.305. The standard InChI is InChI=1S/C13H13N3O3/c1-2-10-6-11(19-8-12(17)18)16-13(15-10)9-4-3-5-14-7-9/h3-7H,2,8H2,1H3,(H,17,18). The van der Waals surface area contributed by atoms with Crippen molar-refractivity contribution in [1.29, 1.82) is 0 Å². The van der Waals surface area contributed by atoms with Crippen molar-refractivity contribution in [1.82, 2.24) is 15.0 Å². The molecule has 0 amide bonds. The van der Waals surface area contributed by atoms with Gasteiger partial charge in [-0.3, -0.25) is 4.98 Å². The molecule has 2 aromatic heterocycles. The molecule has 2 heterocycles. The predicted molar refractivity (Wildman–Crippen MR) is 67.8 cm³/mol. The number of aromatic nitrogens is 3. The number of hydrogen-bond acceptors (Lipinski definition) is 5. The third-order valence-corrected chi connectivity index (χ3v) is 2.38. The summed E-state index contributed by atoms with van der Waals surface area (Å²) >= 11 is 0. The summed E-state index contributed by atoms with van der Waals surface area (Å²) in [6.07, 6.45) is 4.02. The van der Waals surface area contributed by atoms with Crippen LogP contribution in [0.2, 0.25) is 0 Å². The van der Waals surface area contributed by atoms with Crippen LogP contribution in [0.15, 0.2) is 30.6 Å². The number of rotatable bonds is 5. The van der Waals surface area contributed by atoms with Gasteiger partial charge in [-0.15, -0.1) is 0 Å². The van der Waals surface area contributed by atoms with Crippen LogP contribution in [0.25, 0.3) is 11.4 Å². The first-order chi connectivity index (χ1) is 9.19. The lowest BCUT2D eigenvalue weighted by Crippen LogP contribution is -2.11. The molecule has 0 aromatic carbocycles. The smallest absolute Gasteiger partial charge is 0.341 e. The molecule has 0 aliphatic heterocycles. The molecule has 0 aliphatic carbocycles. The third kappa shape index (κ3) is 3.48. The van der Waals surface area contributed by atoms with Gasteiger partial charge in [0.1, 0.15) is 0 Å². The lowest BCUT2D eigenvalue weighted by atomic mass is 10.2. The Morgan fingerprint density at radius 3 is 2.89 bits per heavy atom. The van der Waals surface area contributed by atoms with Crippen molar-refractivity contribution in [2.45, 2.75) is 13.3 Å². The van der Waals surface area contributed by atoms with E-state index < -0.39 is 12.6 Å². The number of ether oxygens (including phenoxy) is 1. The second-order valence-electron chi connectivity index (χ2n) is 3.80. The van der Waals surface area contributed by atoms with Gasteiger partial charge in [-0.1, -0.05) is 6.92 Å². The number of aliphatic carboxylic acids is 1. The van der Waals surface area contributed by atoms with Gasteiger partial charge in [0.2, 0.25) is 5.88 Å². The van der Waals surface area contributed by atoms with Gasteiger partial charge in [-0.05, 0) is 18.6 Å². The number of pyridine rings is 1. The molecule has 98 valence electrons. The van der Waals surface area contributed by atoms with E-state index in [1.54, 1.807) is 24.5 Å². The maximum Gasteiger partial charge on any atom is 0.341 e. The van der Waals surface area contributed by atoms with E-state index in [-0.39, 0.29) is 5.88 Å². The first kappa shape index (κ1) is 12.9. The predicted octanol–water partition coefficient (Wildman–Crippen LogP) is 1.56. The highest BCUT2D eigenvalue weighted by molar-refractivity contribution is 5.68. The molecule has 0 saturated carbocycles. The Kier molecular flexibility index (Phi) is 4.02. The Hall–Kier alpha value is -2.50. The fourth-order valence-electron chi connectivity index (χ4n) is 1.49. The largest absolute Gasteiger partial charge is 0.479 e. The summed E-state index contributed by atoms with van der Waals surface area (Å²) in [7, 11) is 0. The Labute approximate surface area is 110 Å². The van der Waals surface area contributed by atoms with Crippen molar-refractivity contribution >= 4 is 5.97 Å². The second kappa shape index (κ2) is 5.90. The van der Waals surface area contributed by atoms with E-state index in [1.165, 1.54) is 0 Å². The summed E-state index contributed by atoms with van der Waals surface area (Å²) in [5.41, 5.74) is 1.55. The summed E-state index contributed by atoms with van der Waals surface area (Å²) in [5, 5.41) is 8.61. The summed E-state index contributed by atoms with van der Waals surface area (Å²) in [4.78, 5) is 23.1. The average Bonchev–Trinajstić information content (AvgIpc) is 2.45. The highest BCUT2D eigenvalue weighted by Crippen LogP contribution is 2.18. The summed E-state index contributed by atoms with van der Waals surface area (Å²) in [6.45, 7) is 1.53. The molecule has 2 rings (SSSR count). The average molecular weight is 259 g/mol. The zero-order valence-corrected chi connectivity index (χ0v) is 10.4. The molecule has 0 radical (unpaired) electrons. The quantitative estimate of drug-likeness (QED) is 0.877. The van der Waals surface area contributed by atoms with Crippen molar-refractivity contribution in [2.75, 3.05) is 6.61 Å². The molecule has 0 aliphatic rings. The van der Waals surface area contributed by atoms with Crippen molar-refractivity contribution in [3.8, 4) is 17.3 Å². The van der Waals surface area contributed by atoms with Crippen molar-refractivity contribution < 1.29 is 14.6 Å². The van der Waals surface area contributed by atoms with Crippen LogP contribution in [0.5, 0.6) is 5.88 Å². The van der Waals surface area contributed by atoms with E-state index >= 15 is 0 Å². The number of carbonyl (C=O) groups is 1. The van der Waals surface area contributed by atoms with Gasteiger partial charge in [-0.2, -0.15) is 4.98 Å². The Morgan fingerprint density at radius 2 is 2.26 bits per heavy atom. The minimum Gasteiger partial charge on any atom is -0.479 e. The van der Waals surface area contributed by atoms with Gasteiger partial charge in [-0.25, -0.2) is 9.78 Å². The number of nitrogens with zero attached hydrogens (tertiary/aromatic N) is 3. The molecular weight excluding hydrogens is 246 g/mol. The molecule has 0 spiro atoms. The van der Waals surface area contributed by atoms with Gasteiger partial charge in [0, 0.05) is 29.7 Å². The molecule has 19 heavy (non-hydrogen) atoms. The molecule has 0 bridgehead atoms. The third-order valence-electron chi connectivity index (χ3n) is 2.38. The maximum absolute atomic E-state index is 10.5. The highest BCUT2D eigenvalue weighted by atomic mass is 16.5. The second-order valence-corrected chi connectivity index (χ2v) is 3.80. The van der Waals surface area contributed by atoms with Gasteiger partial charge < -0.3 is 9.84 Å². The number of carboxylic acids is 1. The maximum atomic E-state index is 10.5. The fraction of sp³-hybridized carbons (Fsp3) is 0.231. The van der Waals surface area contributed by atoms with Crippen LogP contribution in [0.1, 0.15) is 12.6 Å². The Bertz CT molecular complexity index is 573. The van der Waals surface area contributed by atoms with E-state index in [9.17, 15) is 4.79 Å². The summed E-state index contributed by atoms with van der Waals surface area (Å²) in [6, 6.07) is 5.26. The topological polar surface area (TPSA) is 85.2 Å². The van der Waals surface area contributed by atoms with Gasteiger partial charge >= 0.3 is 5.97 Å². The molecule has 0 saturated heterocycles. The molecule has 1 N–H and O–H groups in total. The molecular formula is C13H13N3O3. The SMILES string of the molecule is CCc1cc(OCC(=O)O)nc(-c2cccnc2)n1. The van der Waals surface area contributed by atoms with Crippen LogP contribution >= 0.6 is 0 Å². The summed E-state index contributed by atoms with van der Waals surface area (Å²) < 4.78 is 5.10. The van der Waals surface area contributed by atoms with Crippen molar-refractivity contribution in [2.24, 2.45) is 0 Å². The van der Waals surface area contributed by atoms with E-state index in [4.69, 9.17) is 9.84 Å². The van der Waals surface area contributed by atoms with E-state index in [0.29, 0.717) is 12.2 Å². The van der Waals surface area contributed by atoms with Crippen LogP contribution < -0.4 is 4.74 Å². The van der Waals surface area contributed by atoms with Gasteiger partial charge in [0.15, 0.2) is 12.4 Å². The van der Waals surface area contributed by atoms with E-state index in [2.05, 4.69) is 15.0 Å². The molecule has 0 atom stereocenters. The molecule has 0 fully saturated rings. The molecule has 2 aromatic rings. The van der Waals surface area contributed by atoms with Crippen LogP contribution in [0, 0.1) is 0 Å².